The molecule has 0 amide bonds. The highest BCUT2D eigenvalue weighted by Crippen LogP contribution is 2.44. The van der Waals surface area contributed by atoms with Crippen LogP contribution in [0.1, 0.15) is 0 Å². The molecule has 0 unspecified atom stereocenters. The van der Waals surface area contributed by atoms with E-state index >= 15 is 0 Å². The molecule has 0 saturated carbocycles. The van der Waals surface area contributed by atoms with Crippen LogP contribution >= 0.6 is 23.2 Å². The van der Waals surface area contributed by atoms with Gasteiger partial charge in [0.1, 0.15) is 0 Å². The summed E-state index contributed by atoms with van der Waals surface area (Å²) in [6.07, 6.45) is 0. The van der Waals surface area contributed by atoms with Crippen LogP contribution < -0.4 is 0 Å². The number of para-hydroxylation sites is 4. The molecule has 30 heavy (non-hydrogen) atoms. The third kappa shape index (κ3) is 2.38. The topological polar surface area (TPSA) is 9.86 Å². The molecule has 4 aromatic carbocycles. The van der Waals surface area contributed by atoms with E-state index in [1.54, 1.807) is 0 Å². The number of benzene rings is 4. The molecule has 0 bridgehead atoms. The maximum Gasteiger partial charge on any atom is 0.0804 e. The molecule has 6 aromatic rings. The number of halogens is 2. The van der Waals surface area contributed by atoms with Gasteiger partial charge in [-0.15, -0.1) is 0 Å². The smallest absolute Gasteiger partial charge is 0.0804 e. The Bertz CT molecular complexity index is 1430. The largest absolute Gasteiger partial charge is 0.306 e. The van der Waals surface area contributed by atoms with Gasteiger partial charge in [-0.05, 0) is 36.4 Å². The summed E-state index contributed by atoms with van der Waals surface area (Å²) in [5.41, 5.74) is 6.34. The second-order valence-corrected chi connectivity index (χ2v) is 8.13. The van der Waals surface area contributed by atoms with Crippen LogP contribution in [0.2, 0.25) is 10.0 Å². The number of fused-ring (bicyclic) bond motifs is 5. The lowest BCUT2D eigenvalue weighted by Gasteiger charge is -2.10. The summed E-state index contributed by atoms with van der Waals surface area (Å²) in [6, 6.07) is 32.9. The van der Waals surface area contributed by atoms with Gasteiger partial charge in [-0.25, -0.2) is 0 Å². The van der Waals surface area contributed by atoms with Gasteiger partial charge in [0.05, 0.1) is 32.1 Å². The van der Waals surface area contributed by atoms with E-state index < -0.39 is 0 Å². The Morgan fingerprint density at radius 3 is 1.20 bits per heavy atom. The molecule has 0 atom stereocenters. The van der Waals surface area contributed by atoms with Crippen LogP contribution in [-0.2, 0) is 0 Å². The molecular formula is C26H16Cl2N2. The third-order valence-corrected chi connectivity index (χ3v) is 6.24. The lowest BCUT2D eigenvalue weighted by molar-refractivity contribution is 1.17. The molecule has 0 saturated heterocycles. The number of hydrogen-bond donors (Lipinski definition) is 0. The van der Waals surface area contributed by atoms with Gasteiger partial charge in [-0.3, -0.25) is 0 Å². The van der Waals surface area contributed by atoms with E-state index in [2.05, 4.69) is 45.5 Å². The Hall–Kier alpha value is -3.20. The highest BCUT2D eigenvalue weighted by Gasteiger charge is 2.24. The lowest BCUT2D eigenvalue weighted by Crippen LogP contribution is -1.94. The molecule has 4 heteroatoms. The Labute approximate surface area is 183 Å². The maximum atomic E-state index is 6.77. The van der Waals surface area contributed by atoms with Crippen molar-refractivity contribution in [1.29, 1.82) is 0 Å². The van der Waals surface area contributed by atoms with Crippen molar-refractivity contribution < 1.29 is 0 Å². The summed E-state index contributed by atoms with van der Waals surface area (Å²) < 4.78 is 4.51. The van der Waals surface area contributed by atoms with E-state index in [9.17, 15) is 0 Å². The van der Waals surface area contributed by atoms with E-state index in [4.69, 9.17) is 23.2 Å². The second-order valence-electron chi connectivity index (χ2n) is 7.31. The summed E-state index contributed by atoms with van der Waals surface area (Å²) >= 11 is 13.5. The van der Waals surface area contributed by atoms with Crippen LogP contribution in [0.4, 0.5) is 0 Å². The van der Waals surface area contributed by atoms with Gasteiger partial charge in [-0.2, -0.15) is 0 Å². The van der Waals surface area contributed by atoms with Crippen LogP contribution in [0.3, 0.4) is 0 Å². The SMILES string of the molecule is Clc1cccc2c1n(-c1ccccc1)c1c3cccc(Cl)c3n(-c3ccccc3)c21. The second kappa shape index (κ2) is 6.66. The van der Waals surface area contributed by atoms with Crippen LogP contribution in [-0.4, -0.2) is 9.13 Å². The zero-order valence-electron chi connectivity index (χ0n) is 15.9. The van der Waals surface area contributed by atoms with Crippen molar-refractivity contribution >= 4 is 56.0 Å². The van der Waals surface area contributed by atoms with Gasteiger partial charge in [0.15, 0.2) is 0 Å². The van der Waals surface area contributed by atoms with E-state index in [0.29, 0.717) is 0 Å². The number of nitrogens with zero attached hydrogens (tertiary/aromatic N) is 2. The van der Waals surface area contributed by atoms with Crippen LogP contribution in [0.5, 0.6) is 0 Å². The van der Waals surface area contributed by atoms with E-state index in [1.165, 1.54) is 0 Å². The Kier molecular flexibility index (Phi) is 3.92. The van der Waals surface area contributed by atoms with Crippen LogP contribution in [0.15, 0.2) is 97.1 Å². The number of hydrogen-bond acceptors (Lipinski definition) is 0. The predicted molar refractivity (Wildman–Crippen MR) is 128 cm³/mol. The average Bonchev–Trinajstić information content (AvgIpc) is 3.30. The summed E-state index contributed by atoms with van der Waals surface area (Å²) in [5, 5.41) is 3.64. The molecule has 0 spiro atoms. The fraction of sp³-hybridized carbons (Fsp3) is 0. The van der Waals surface area contributed by atoms with Crippen molar-refractivity contribution in [3.63, 3.8) is 0 Å². The molecule has 0 aliphatic heterocycles. The minimum absolute atomic E-state index is 0.724. The maximum absolute atomic E-state index is 6.77. The Morgan fingerprint density at radius 1 is 0.400 bits per heavy atom. The van der Waals surface area contributed by atoms with Gasteiger partial charge in [0.2, 0.25) is 0 Å². The van der Waals surface area contributed by atoms with Crippen molar-refractivity contribution in [3.8, 4) is 11.4 Å². The first-order valence-electron chi connectivity index (χ1n) is 9.78. The van der Waals surface area contributed by atoms with Gasteiger partial charge >= 0.3 is 0 Å². The van der Waals surface area contributed by atoms with Gasteiger partial charge in [-0.1, -0.05) is 83.9 Å². The van der Waals surface area contributed by atoms with E-state index in [-0.39, 0.29) is 0 Å². The van der Waals surface area contributed by atoms with Crippen molar-refractivity contribution in [2.24, 2.45) is 0 Å². The zero-order valence-corrected chi connectivity index (χ0v) is 17.4. The standard InChI is InChI=1S/C26H16Cl2N2/c27-21-15-7-13-19-23(21)29(17-9-3-1-4-10-17)25-20-14-8-16-22(28)24(20)30(26(19)25)18-11-5-2-6-12-18/h1-16H. The molecular weight excluding hydrogens is 411 g/mol. The van der Waals surface area contributed by atoms with Crippen LogP contribution in [0.25, 0.3) is 44.2 Å². The number of aromatic nitrogens is 2. The highest BCUT2D eigenvalue weighted by atomic mass is 35.5. The molecule has 2 heterocycles. The van der Waals surface area contributed by atoms with E-state index in [1.807, 2.05) is 60.7 Å². The first-order valence-corrected chi connectivity index (χ1v) is 10.5. The van der Waals surface area contributed by atoms with Gasteiger partial charge in [0.25, 0.3) is 0 Å². The summed E-state index contributed by atoms with van der Waals surface area (Å²) in [5.74, 6) is 0. The first-order chi connectivity index (χ1) is 14.8. The Balaban J connectivity index is 1.96. The third-order valence-electron chi connectivity index (χ3n) is 5.63. The summed E-state index contributed by atoms with van der Waals surface area (Å²) in [7, 11) is 0. The molecule has 2 nitrogen and oxygen atoms in total. The van der Waals surface area contributed by atoms with Crippen molar-refractivity contribution in [3.05, 3.63) is 107 Å². The van der Waals surface area contributed by atoms with Crippen molar-refractivity contribution in [2.45, 2.75) is 0 Å². The molecule has 144 valence electrons. The molecule has 0 N–H and O–H groups in total. The van der Waals surface area contributed by atoms with E-state index in [0.717, 1.165) is 54.3 Å². The molecule has 2 aromatic heterocycles. The zero-order chi connectivity index (χ0) is 20.2. The van der Waals surface area contributed by atoms with Crippen molar-refractivity contribution in [2.75, 3.05) is 0 Å². The number of rotatable bonds is 2. The summed E-state index contributed by atoms with van der Waals surface area (Å²) in [4.78, 5) is 0. The lowest BCUT2D eigenvalue weighted by atomic mass is 10.2. The van der Waals surface area contributed by atoms with Crippen LogP contribution in [0, 0.1) is 0 Å². The van der Waals surface area contributed by atoms with Gasteiger partial charge < -0.3 is 9.13 Å². The molecule has 0 fully saturated rings. The normalized spacial score (nSPS) is 11.7. The molecule has 0 aliphatic rings. The fourth-order valence-electron chi connectivity index (χ4n) is 4.47. The average molecular weight is 427 g/mol. The first kappa shape index (κ1) is 17.6. The highest BCUT2D eigenvalue weighted by molar-refractivity contribution is 6.39. The minimum Gasteiger partial charge on any atom is -0.306 e. The predicted octanol–water partition coefficient (Wildman–Crippen LogP) is 8.03. The monoisotopic (exact) mass is 426 g/mol. The minimum atomic E-state index is 0.724. The van der Waals surface area contributed by atoms with Gasteiger partial charge in [0, 0.05) is 22.1 Å². The fourth-order valence-corrected chi connectivity index (χ4v) is 4.99. The molecule has 0 radical (unpaired) electrons. The molecule has 6 rings (SSSR count). The summed E-state index contributed by atoms with van der Waals surface area (Å²) in [6.45, 7) is 0. The Morgan fingerprint density at radius 2 is 0.800 bits per heavy atom. The quantitative estimate of drug-likeness (QED) is 0.265. The van der Waals surface area contributed by atoms with Crippen molar-refractivity contribution in [1.82, 2.24) is 9.13 Å². The molecule has 0 aliphatic carbocycles.